The number of hydrazone groups is 1. The number of fused-ring (bicyclic) bond motifs is 1. The van der Waals surface area contributed by atoms with Crippen LogP contribution < -0.4 is 10.7 Å². The molecular formula is C23H17ClN4O2S. The minimum atomic E-state index is -0.369. The average Bonchev–Trinajstić information content (AvgIpc) is 3.14. The fourth-order valence-corrected chi connectivity index (χ4v) is 4.34. The molecule has 0 aliphatic heterocycles. The second kappa shape index (κ2) is 9.07. The van der Waals surface area contributed by atoms with Crippen LogP contribution in [0.25, 0.3) is 10.1 Å². The molecule has 2 aromatic carbocycles. The summed E-state index contributed by atoms with van der Waals surface area (Å²) >= 11 is 7.68. The smallest absolute Gasteiger partial charge is 0.283 e. The number of amides is 2. The van der Waals surface area contributed by atoms with Gasteiger partial charge in [-0.25, -0.2) is 5.43 Å². The van der Waals surface area contributed by atoms with Gasteiger partial charge in [0.05, 0.1) is 16.3 Å². The molecule has 6 nitrogen and oxygen atoms in total. The minimum Gasteiger partial charge on any atom is -0.322 e. The number of benzene rings is 2. The molecule has 0 saturated carbocycles. The zero-order chi connectivity index (χ0) is 21.8. The number of rotatable bonds is 5. The molecule has 0 unspecified atom stereocenters. The third-order valence-corrected chi connectivity index (χ3v) is 6.20. The molecule has 154 valence electrons. The Morgan fingerprint density at radius 1 is 1.00 bits per heavy atom. The van der Waals surface area contributed by atoms with E-state index in [-0.39, 0.29) is 11.8 Å². The van der Waals surface area contributed by atoms with E-state index in [1.165, 1.54) is 17.5 Å². The highest BCUT2D eigenvalue weighted by atomic mass is 35.5. The summed E-state index contributed by atoms with van der Waals surface area (Å²) in [6.45, 7) is 1.77. The largest absolute Gasteiger partial charge is 0.322 e. The van der Waals surface area contributed by atoms with Crippen molar-refractivity contribution in [1.29, 1.82) is 0 Å². The molecule has 0 saturated heterocycles. The van der Waals surface area contributed by atoms with Crippen molar-refractivity contribution < 1.29 is 9.59 Å². The molecule has 8 heteroatoms. The molecule has 4 rings (SSSR count). The van der Waals surface area contributed by atoms with Gasteiger partial charge in [0.1, 0.15) is 4.88 Å². The predicted molar refractivity (Wildman–Crippen MR) is 125 cm³/mol. The van der Waals surface area contributed by atoms with Gasteiger partial charge in [-0.1, -0.05) is 41.9 Å². The molecule has 0 bridgehead atoms. The van der Waals surface area contributed by atoms with Crippen LogP contribution in [0.4, 0.5) is 5.69 Å². The van der Waals surface area contributed by atoms with E-state index in [0.717, 1.165) is 15.6 Å². The summed E-state index contributed by atoms with van der Waals surface area (Å²) in [4.78, 5) is 29.3. The highest BCUT2D eigenvalue weighted by Crippen LogP contribution is 2.34. The van der Waals surface area contributed by atoms with E-state index in [1.807, 2.05) is 30.3 Å². The van der Waals surface area contributed by atoms with Gasteiger partial charge in [-0.2, -0.15) is 5.10 Å². The Hall–Kier alpha value is -3.55. The summed E-state index contributed by atoms with van der Waals surface area (Å²) in [5.74, 6) is -0.626. The van der Waals surface area contributed by atoms with Crippen LogP contribution in [-0.2, 0) is 0 Å². The van der Waals surface area contributed by atoms with Crippen molar-refractivity contribution in [2.75, 3.05) is 5.32 Å². The zero-order valence-corrected chi connectivity index (χ0v) is 18.0. The Bertz CT molecular complexity index is 1300. The normalized spacial score (nSPS) is 11.4. The minimum absolute atomic E-state index is 0.257. The molecule has 0 spiro atoms. The maximum Gasteiger partial charge on any atom is 0.283 e. The van der Waals surface area contributed by atoms with E-state index in [4.69, 9.17) is 11.6 Å². The van der Waals surface area contributed by atoms with Gasteiger partial charge in [-0.15, -0.1) is 11.3 Å². The van der Waals surface area contributed by atoms with E-state index < -0.39 is 0 Å². The van der Waals surface area contributed by atoms with Crippen molar-refractivity contribution in [3.05, 3.63) is 94.1 Å². The van der Waals surface area contributed by atoms with E-state index >= 15 is 0 Å². The van der Waals surface area contributed by atoms with Gasteiger partial charge in [0.25, 0.3) is 11.8 Å². The van der Waals surface area contributed by atoms with Crippen molar-refractivity contribution in [3.8, 4) is 0 Å². The van der Waals surface area contributed by atoms with Crippen molar-refractivity contribution in [2.45, 2.75) is 6.92 Å². The van der Waals surface area contributed by atoms with E-state index in [9.17, 15) is 9.59 Å². The molecule has 0 radical (unpaired) electrons. The third kappa shape index (κ3) is 4.63. The monoisotopic (exact) mass is 448 g/mol. The summed E-state index contributed by atoms with van der Waals surface area (Å²) in [7, 11) is 0. The number of pyridine rings is 1. The van der Waals surface area contributed by atoms with Crippen LogP contribution in [0.15, 0.2) is 78.2 Å². The standard InChI is InChI=1S/C23H17ClN4O2S/c1-14(27-28-23(30)21-20(24)18-9-2-3-10-19(18)31-21)15-6-4-8-17(12-15)26-22(29)16-7-5-11-25-13-16/h2-13H,1H3,(H,26,29)(H,28,30)/b27-14-. The van der Waals surface area contributed by atoms with Crippen LogP contribution >= 0.6 is 22.9 Å². The summed E-state index contributed by atoms with van der Waals surface area (Å²) in [5, 5.41) is 8.30. The maximum atomic E-state index is 12.6. The lowest BCUT2D eigenvalue weighted by atomic mass is 10.1. The summed E-state index contributed by atoms with van der Waals surface area (Å²) in [5.41, 5.74) is 4.98. The summed E-state index contributed by atoms with van der Waals surface area (Å²) in [6.07, 6.45) is 3.11. The molecule has 0 fully saturated rings. The van der Waals surface area contributed by atoms with Crippen LogP contribution in [0, 0.1) is 0 Å². The number of anilines is 1. The second-order valence-corrected chi connectivity index (χ2v) is 8.09. The molecule has 2 aromatic heterocycles. The van der Waals surface area contributed by atoms with Gasteiger partial charge in [-0.3, -0.25) is 14.6 Å². The van der Waals surface area contributed by atoms with Gasteiger partial charge in [0.15, 0.2) is 0 Å². The lowest BCUT2D eigenvalue weighted by Gasteiger charge is -2.08. The Kier molecular flexibility index (Phi) is 6.06. The Balaban J connectivity index is 1.48. The SMILES string of the molecule is C/C(=N/NC(=O)c1sc2ccccc2c1Cl)c1cccc(NC(=O)c2cccnc2)c1. The van der Waals surface area contributed by atoms with Gasteiger partial charge in [0, 0.05) is 28.2 Å². The van der Waals surface area contributed by atoms with E-state index in [2.05, 4.69) is 20.8 Å². The third-order valence-electron chi connectivity index (χ3n) is 4.53. The van der Waals surface area contributed by atoms with Crippen LogP contribution in [0.3, 0.4) is 0 Å². The van der Waals surface area contributed by atoms with Gasteiger partial charge in [-0.05, 0) is 42.8 Å². The number of hydrogen-bond donors (Lipinski definition) is 2. The summed E-state index contributed by atoms with van der Waals surface area (Å²) < 4.78 is 0.940. The fourth-order valence-electron chi connectivity index (χ4n) is 2.93. The molecule has 31 heavy (non-hydrogen) atoms. The van der Waals surface area contributed by atoms with Crippen LogP contribution in [0.1, 0.15) is 32.5 Å². The number of hydrogen-bond acceptors (Lipinski definition) is 5. The first-order valence-corrected chi connectivity index (χ1v) is 10.6. The highest BCUT2D eigenvalue weighted by molar-refractivity contribution is 7.21. The van der Waals surface area contributed by atoms with Crippen LogP contribution in [0.5, 0.6) is 0 Å². The first-order valence-electron chi connectivity index (χ1n) is 9.36. The number of aromatic nitrogens is 1. The fraction of sp³-hybridized carbons (Fsp3) is 0.0435. The van der Waals surface area contributed by atoms with Crippen LogP contribution in [0.2, 0.25) is 5.02 Å². The molecular weight excluding hydrogens is 432 g/mol. The molecule has 2 heterocycles. The molecule has 2 amide bonds. The second-order valence-electron chi connectivity index (χ2n) is 6.66. The lowest BCUT2D eigenvalue weighted by Crippen LogP contribution is -2.18. The van der Waals surface area contributed by atoms with Gasteiger partial charge < -0.3 is 5.32 Å². The average molecular weight is 449 g/mol. The van der Waals surface area contributed by atoms with E-state index in [0.29, 0.717) is 26.9 Å². The number of halogens is 1. The van der Waals surface area contributed by atoms with Gasteiger partial charge >= 0.3 is 0 Å². The van der Waals surface area contributed by atoms with Crippen molar-refractivity contribution in [1.82, 2.24) is 10.4 Å². The molecule has 0 atom stereocenters. The predicted octanol–water partition coefficient (Wildman–Crippen LogP) is 5.36. The lowest BCUT2D eigenvalue weighted by molar-refractivity contribution is 0.0958. The number of thiophene rings is 1. The molecule has 0 aliphatic carbocycles. The maximum absolute atomic E-state index is 12.6. The Labute approximate surface area is 187 Å². The van der Waals surface area contributed by atoms with Gasteiger partial charge in [0.2, 0.25) is 0 Å². The first-order chi connectivity index (χ1) is 15.0. The Morgan fingerprint density at radius 3 is 2.58 bits per heavy atom. The zero-order valence-electron chi connectivity index (χ0n) is 16.4. The topological polar surface area (TPSA) is 83.5 Å². The van der Waals surface area contributed by atoms with Crippen molar-refractivity contribution in [2.24, 2.45) is 5.10 Å². The highest BCUT2D eigenvalue weighted by Gasteiger charge is 2.16. The number of carbonyl (C=O) groups excluding carboxylic acids is 2. The molecule has 0 aliphatic rings. The number of nitrogens with zero attached hydrogens (tertiary/aromatic N) is 2. The first kappa shape index (κ1) is 20.7. The molecule has 2 N–H and O–H groups in total. The van der Waals surface area contributed by atoms with E-state index in [1.54, 1.807) is 43.5 Å². The summed E-state index contributed by atoms with van der Waals surface area (Å²) in [6, 6.07) is 18.2. The number of nitrogens with one attached hydrogen (secondary N) is 2. The van der Waals surface area contributed by atoms with Crippen LogP contribution in [-0.4, -0.2) is 22.5 Å². The van der Waals surface area contributed by atoms with Crippen molar-refractivity contribution >= 4 is 56.2 Å². The quantitative estimate of drug-likeness (QED) is 0.318. The van der Waals surface area contributed by atoms with Crippen molar-refractivity contribution in [3.63, 3.8) is 0 Å². The number of carbonyl (C=O) groups is 2. The Morgan fingerprint density at radius 2 is 1.81 bits per heavy atom. The molecule has 4 aromatic rings.